The molecule has 0 aromatic heterocycles. The lowest BCUT2D eigenvalue weighted by Gasteiger charge is -2.14. The normalized spacial score (nSPS) is 12.3. The second kappa shape index (κ2) is 5.55. The van der Waals surface area contributed by atoms with Gasteiger partial charge in [-0.3, -0.25) is 0 Å². The van der Waals surface area contributed by atoms with Gasteiger partial charge in [-0.15, -0.1) is 0 Å². The van der Waals surface area contributed by atoms with Crippen LogP contribution in [0.1, 0.15) is 18.5 Å². The Kier molecular flexibility index (Phi) is 4.02. The van der Waals surface area contributed by atoms with Gasteiger partial charge in [-0.25, -0.2) is 8.78 Å². The van der Waals surface area contributed by atoms with Crippen LogP contribution >= 0.6 is 11.6 Å². The molecule has 2 nitrogen and oxygen atoms in total. The van der Waals surface area contributed by atoms with Gasteiger partial charge in [0.25, 0.3) is 0 Å². The predicted molar refractivity (Wildman–Crippen MR) is 70.5 cm³/mol. The molecule has 0 saturated heterocycles. The lowest BCUT2D eigenvalue weighted by atomic mass is 10.1. The van der Waals surface area contributed by atoms with E-state index in [4.69, 9.17) is 22.1 Å². The number of halogens is 3. The van der Waals surface area contributed by atoms with E-state index in [9.17, 15) is 8.78 Å². The van der Waals surface area contributed by atoms with E-state index >= 15 is 0 Å². The van der Waals surface area contributed by atoms with Gasteiger partial charge in [0.2, 0.25) is 0 Å². The highest BCUT2D eigenvalue weighted by Crippen LogP contribution is 2.32. The van der Waals surface area contributed by atoms with Crippen LogP contribution in [0.15, 0.2) is 36.4 Å². The number of ether oxygens (including phenoxy) is 1. The molecule has 0 radical (unpaired) electrons. The Labute approximate surface area is 114 Å². The summed E-state index contributed by atoms with van der Waals surface area (Å²) in [6.07, 6.45) is 0. The summed E-state index contributed by atoms with van der Waals surface area (Å²) in [6, 6.07) is 7.97. The number of hydrogen-bond donors (Lipinski definition) is 1. The second-order valence-electron chi connectivity index (χ2n) is 4.12. The highest BCUT2D eigenvalue weighted by Gasteiger charge is 2.14. The zero-order valence-corrected chi connectivity index (χ0v) is 10.9. The summed E-state index contributed by atoms with van der Waals surface area (Å²) in [5, 5.41) is -0.0201. The molecule has 2 rings (SSSR count). The van der Waals surface area contributed by atoms with Crippen molar-refractivity contribution in [3.63, 3.8) is 0 Å². The molecule has 0 aliphatic heterocycles. The molecule has 2 aromatic carbocycles. The first-order chi connectivity index (χ1) is 8.99. The Hall–Kier alpha value is -1.65. The van der Waals surface area contributed by atoms with E-state index in [0.29, 0.717) is 5.56 Å². The third-order valence-corrected chi connectivity index (χ3v) is 2.91. The fraction of sp³-hybridized carbons (Fsp3) is 0.143. The van der Waals surface area contributed by atoms with Crippen LogP contribution in [0.25, 0.3) is 0 Å². The predicted octanol–water partition coefficient (Wildman–Crippen LogP) is 4.43. The van der Waals surface area contributed by atoms with Gasteiger partial charge in [0.1, 0.15) is 11.6 Å². The largest absolute Gasteiger partial charge is 0.454 e. The lowest BCUT2D eigenvalue weighted by Crippen LogP contribution is -2.07. The van der Waals surface area contributed by atoms with Gasteiger partial charge < -0.3 is 10.5 Å². The van der Waals surface area contributed by atoms with Crippen LogP contribution in [-0.4, -0.2) is 0 Å². The molecule has 100 valence electrons. The molecule has 2 aromatic rings. The molecular weight excluding hydrogens is 272 g/mol. The van der Waals surface area contributed by atoms with E-state index in [-0.39, 0.29) is 16.5 Å². The molecule has 0 fully saturated rings. The van der Waals surface area contributed by atoms with Crippen molar-refractivity contribution in [3.05, 3.63) is 58.6 Å². The van der Waals surface area contributed by atoms with E-state index in [1.165, 1.54) is 18.2 Å². The summed E-state index contributed by atoms with van der Waals surface area (Å²) in [5.74, 6) is -1.02. The maximum absolute atomic E-state index is 13.8. The van der Waals surface area contributed by atoms with Crippen molar-refractivity contribution < 1.29 is 13.5 Å². The summed E-state index contributed by atoms with van der Waals surface area (Å²) in [7, 11) is 0. The first-order valence-electron chi connectivity index (χ1n) is 5.66. The minimum atomic E-state index is -0.627. The molecule has 5 heteroatoms. The average molecular weight is 284 g/mol. The number of benzene rings is 2. The summed E-state index contributed by atoms with van der Waals surface area (Å²) >= 11 is 5.57. The number of rotatable bonds is 3. The van der Waals surface area contributed by atoms with E-state index in [1.54, 1.807) is 19.1 Å². The Balaban J connectivity index is 2.40. The topological polar surface area (TPSA) is 35.2 Å². The minimum Gasteiger partial charge on any atom is -0.454 e. The van der Waals surface area contributed by atoms with Gasteiger partial charge in [-0.2, -0.15) is 0 Å². The summed E-state index contributed by atoms with van der Waals surface area (Å²) < 4.78 is 32.5. The Morgan fingerprint density at radius 2 is 1.89 bits per heavy atom. The fourth-order valence-electron chi connectivity index (χ4n) is 1.65. The van der Waals surface area contributed by atoms with E-state index in [0.717, 1.165) is 6.07 Å². The summed E-state index contributed by atoms with van der Waals surface area (Å²) in [4.78, 5) is 0. The monoisotopic (exact) mass is 283 g/mol. The SMILES string of the molecule is CC(N)c1cccc(F)c1Oc1ccc(Cl)c(F)c1. The van der Waals surface area contributed by atoms with E-state index < -0.39 is 17.7 Å². The zero-order chi connectivity index (χ0) is 14.0. The van der Waals surface area contributed by atoms with Crippen molar-refractivity contribution in [3.8, 4) is 11.5 Å². The van der Waals surface area contributed by atoms with Crippen molar-refractivity contribution in [2.75, 3.05) is 0 Å². The Morgan fingerprint density at radius 3 is 2.53 bits per heavy atom. The van der Waals surface area contributed by atoms with Crippen LogP contribution in [0.3, 0.4) is 0 Å². The average Bonchev–Trinajstić information content (AvgIpc) is 2.36. The molecule has 2 N–H and O–H groups in total. The van der Waals surface area contributed by atoms with Gasteiger partial charge in [-0.05, 0) is 25.1 Å². The Bertz CT molecular complexity index is 602. The second-order valence-corrected chi connectivity index (χ2v) is 4.53. The van der Waals surface area contributed by atoms with Crippen LogP contribution in [0.2, 0.25) is 5.02 Å². The molecule has 0 amide bonds. The third kappa shape index (κ3) is 3.03. The molecule has 19 heavy (non-hydrogen) atoms. The van der Waals surface area contributed by atoms with Gasteiger partial charge in [0.05, 0.1) is 5.02 Å². The number of hydrogen-bond acceptors (Lipinski definition) is 2. The molecule has 0 spiro atoms. The van der Waals surface area contributed by atoms with Crippen LogP contribution in [0.4, 0.5) is 8.78 Å². The highest BCUT2D eigenvalue weighted by atomic mass is 35.5. The molecule has 1 unspecified atom stereocenters. The van der Waals surface area contributed by atoms with Crippen LogP contribution in [0.5, 0.6) is 11.5 Å². The fourth-order valence-corrected chi connectivity index (χ4v) is 1.77. The lowest BCUT2D eigenvalue weighted by molar-refractivity contribution is 0.429. The standard InChI is InChI=1S/C14H12ClF2NO/c1-8(18)10-3-2-4-12(16)14(10)19-9-5-6-11(15)13(17)7-9/h2-8H,18H2,1H3. The first-order valence-corrected chi connectivity index (χ1v) is 6.03. The van der Waals surface area contributed by atoms with Crippen molar-refractivity contribution in [1.29, 1.82) is 0 Å². The number of nitrogens with two attached hydrogens (primary N) is 1. The van der Waals surface area contributed by atoms with Gasteiger partial charge in [0, 0.05) is 17.7 Å². The molecule has 0 saturated carbocycles. The van der Waals surface area contributed by atoms with Gasteiger partial charge in [-0.1, -0.05) is 23.7 Å². The zero-order valence-electron chi connectivity index (χ0n) is 10.2. The first kappa shape index (κ1) is 13.8. The van der Waals surface area contributed by atoms with Crippen molar-refractivity contribution in [2.45, 2.75) is 13.0 Å². The van der Waals surface area contributed by atoms with Gasteiger partial charge >= 0.3 is 0 Å². The number of para-hydroxylation sites is 1. The molecule has 0 bridgehead atoms. The quantitative estimate of drug-likeness (QED) is 0.904. The summed E-state index contributed by atoms with van der Waals surface area (Å²) in [5.41, 5.74) is 6.26. The van der Waals surface area contributed by atoms with Crippen molar-refractivity contribution in [1.82, 2.24) is 0 Å². The van der Waals surface area contributed by atoms with Crippen molar-refractivity contribution >= 4 is 11.6 Å². The smallest absolute Gasteiger partial charge is 0.167 e. The molecule has 0 aliphatic rings. The minimum absolute atomic E-state index is 0.000720. The Morgan fingerprint density at radius 1 is 1.16 bits per heavy atom. The molecular formula is C14H12ClF2NO. The maximum atomic E-state index is 13.8. The van der Waals surface area contributed by atoms with E-state index in [2.05, 4.69) is 0 Å². The van der Waals surface area contributed by atoms with Crippen LogP contribution in [-0.2, 0) is 0 Å². The summed E-state index contributed by atoms with van der Waals surface area (Å²) in [6.45, 7) is 1.71. The van der Waals surface area contributed by atoms with E-state index in [1.807, 2.05) is 0 Å². The molecule has 0 heterocycles. The van der Waals surface area contributed by atoms with Crippen molar-refractivity contribution in [2.24, 2.45) is 5.73 Å². The molecule has 0 aliphatic carbocycles. The van der Waals surface area contributed by atoms with Gasteiger partial charge in [0.15, 0.2) is 11.6 Å². The van der Waals surface area contributed by atoms with Crippen LogP contribution in [0, 0.1) is 11.6 Å². The molecule has 1 atom stereocenters. The highest BCUT2D eigenvalue weighted by molar-refractivity contribution is 6.30. The maximum Gasteiger partial charge on any atom is 0.167 e. The van der Waals surface area contributed by atoms with Crippen LogP contribution < -0.4 is 10.5 Å². The third-order valence-electron chi connectivity index (χ3n) is 2.60.